The molecule has 0 bridgehead atoms. The SMILES string of the molecule is CC1CNCC12CCN(C)CC2. The molecule has 0 aliphatic carbocycles. The van der Waals surface area contributed by atoms with E-state index in [1.54, 1.807) is 0 Å². The Hall–Kier alpha value is -0.0800. The molecule has 2 aliphatic rings. The highest BCUT2D eigenvalue weighted by Gasteiger charge is 2.41. The van der Waals surface area contributed by atoms with E-state index < -0.39 is 0 Å². The summed E-state index contributed by atoms with van der Waals surface area (Å²) in [5.41, 5.74) is 0.659. The van der Waals surface area contributed by atoms with Crippen LogP contribution in [0.1, 0.15) is 19.8 Å². The summed E-state index contributed by atoms with van der Waals surface area (Å²) >= 11 is 0. The number of nitrogens with zero attached hydrogens (tertiary/aromatic N) is 1. The predicted octanol–water partition coefficient (Wildman–Crippen LogP) is 0.938. The lowest BCUT2D eigenvalue weighted by Gasteiger charge is -2.40. The molecule has 2 saturated heterocycles. The van der Waals surface area contributed by atoms with Crippen LogP contribution in [0.15, 0.2) is 0 Å². The molecule has 12 heavy (non-hydrogen) atoms. The van der Waals surface area contributed by atoms with Crippen LogP contribution in [0.25, 0.3) is 0 Å². The summed E-state index contributed by atoms with van der Waals surface area (Å²) in [7, 11) is 2.24. The predicted molar refractivity (Wildman–Crippen MR) is 51.2 cm³/mol. The number of likely N-dealkylation sites (tertiary alicyclic amines) is 1. The number of hydrogen-bond acceptors (Lipinski definition) is 2. The minimum atomic E-state index is 0.659. The molecule has 2 heterocycles. The van der Waals surface area contributed by atoms with Crippen LogP contribution in [0.5, 0.6) is 0 Å². The lowest BCUT2D eigenvalue weighted by atomic mass is 9.72. The molecule has 0 radical (unpaired) electrons. The normalized spacial score (nSPS) is 36.0. The third-order valence-electron chi connectivity index (χ3n) is 3.96. The van der Waals surface area contributed by atoms with Gasteiger partial charge in [0.05, 0.1) is 0 Å². The van der Waals surface area contributed by atoms with Gasteiger partial charge in [-0.2, -0.15) is 0 Å². The van der Waals surface area contributed by atoms with Crippen LogP contribution in [0.4, 0.5) is 0 Å². The van der Waals surface area contributed by atoms with Crippen molar-refractivity contribution in [2.24, 2.45) is 11.3 Å². The Bertz CT molecular complexity index is 159. The van der Waals surface area contributed by atoms with Gasteiger partial charge in [0.1, 0.15) is 0 Å². The standard InChI is InChI=1S/C10H20N2/c1-9-7-11-8-10(9)3-5-12(2)6-4-10/h9,11H,3-8H2,1-2H3. The fraction of sp³-hybridized carbons (Fsp3) is 1.00. The molecule has 2 fully saturated rings. The van der Waals surface area contributed by atoms with Crippen molar-refractivity contribution in [3.05, 3.63) is 0 Å². The van der Waals surface area contributed by atoms with Gasteiger partial charge in [0.2, 0.25) is 0 Å². The Morgan fingerprint density at radius 3 is 2.50 bits per heavy atom. The van der Waals surface area contributed by atoms with E-state index in [9.17, 15) is 0 Å². The molecule has 2 rings (SSSR count). The molecule has 2 nitrogen and oxygen atoms in total. The fourth-order valence-electron chi connectivity index (χ4n) is 2.66. The van der Waals surface area contributed by atoms with Crippen LogP contribution >= 0.6 is 0 Å². The first-order valence-electron chi connectivity index (χ1n) is 5.12. The van der Waals surface area contributed by atoms with E-state index in [2.05, 4.69) is 24.2 Å². The first kappa shape index (κ1) is 8.52. The maximum Gasteiger partial charge on any atom is 0.00119 e. The smallest absolute Gasteiger partial charge is 0.00119 e. The maximum absolute atomic E-state index is 3.53. The van der Waals surface area contributed by atoms with E-state index in [0.717, 1.165) is 5.92 Å². The van der Waals surface area contributed by atoms with Gasteiger partial charge < -0.3 is 10.2 Å². The van der Waals surface area contributed by atoms with Crippen molar-refractivity contribution >= 4 is 0 Å². The highest BCUT2D eigenvalue weighted by Crippen LogP contribution is 2.40. The number of piperidine rings is 1. The Morgan fingerprint density at radius 1 is 1.33 bits per heavy atom. The summed E-state index contributed by atoms with van der Waals surface area (Å²) in [6.07, 6.45) is 2.80. The Morgan fingerprint density at radius 2 is 2.00 bits per heavy atom. The summed E-state index contributed by atoms with van der Waals surface area (Å²) < 4.78 is 0. The third-order valence-corrected chi connectivity index (χ3v) is 3.96. The van der Waals surface area contributed by atoms with Gasteiger partial charge >= 0.3 is 0 Å². The second kappa shape index (κ2) is 3.00. The minimum Gasteiger partial charge on any atom is -0.316 e. The zero-order chi connectivity index (χ0) is 8.60. The lowest BCUT2D eigenvalue weighted by molar-refractivity contribution is 0.104. The van der Waals surface area contributed by atoms with Crippen LogP contribution in [0.2, 0.25) is 0 Å². The molecular weight excluding hydrogens is 148 g/mol. The number of nitrogens with one attached hydrogen (secondary N) is 1. The first-order valence-corrected chi connectivity index (χ1v) is 5.12. The van der Waals surface area contributed by atoms with Crippen molar-refractivity contribution in [3.63, 3.8) is 0 Å². The van der Waals surface area contributed by atoms with E-state index in [1.807, 2.05) is 0 Å². The van der Waals surface area contributed by atoms with Gasteiger partial charge in [-0.05, 0) is 50.9 Å². The van der Waals surface area contributed by atoms with Crippen molar-refractivity contribution in [2.75, 3.05) is 33.2 Å². The topological polar surface area (TPSA) is 15.3 Å². The number of rotatable bonds is 0. The zero-order valence-electron chi connectivity index (χ0n) is 8.27. The highest BCUT2D eigenvalue weighted by atomic mass is 15.1. The second-order valence-corrected chi connectivity index (χ2v) is 4.70. The monoisotopic (exact) mass is 168 g/mol. The fourth-order valence-corrected chi connectivity index (χ4v) is 2.66. The van der Waals surface area contributed by atoms with Crippen molar-refractivity contribution < 1.29 is 0 Å². The van der Waals surface area contributed by atoms with E-state index in [0.29, 0.717) is 5.41 Å². The average Bonchev–Trinajstić information content (AvgIpc) is 2.41. The van der Waals surface area contributed by atoms with Crippen molar-refractivity contribution in [1.82, 2.24) is 10.2 Å². The molecule has 1 atom stereocenters. The van der Waals surface area contributed by atoms with Gasteiger partial charge in [-0.15, -0.1) is 0 Å². The summed E-state index contributed by atoms with van der Waals surface area (Å²) in [6.45, 7) is 7.51. The molecular formula is C10H20N2. The summed E-state index contributed by atoms with van der Waals surface area (Å²) in [5, 5.41) is 3.53. The van der Waals surface area contributed by atoms with Crippen LogP contribution in [0, 0.1) is 11.3 Å². The van der Waals surface area contributed by atoms with Crippen molar-refractivity contribution in [3.8, 4) is 0 Å². The van der Waals surface area contributed by atoms with E-state index in [-0.39, 0.29) is 0 Å². The zero-order valence-corrected chi connectivity index (χ0v) is 8.27. The van der Waals surface area contributed by atoms with E-state index in [1.165, 1.54) is 39.0 Å². The average molecular weight is 168 g/mol. The maximum atomic E-state index is 3.53. The molecule has 2 heteroatoms. The van der Waals surface area contributed by atoms with Gasteiger partial charge in [-0.25, -0.2) is 0 Å². The molecule has 1 spiro atoms. The Kier molecular flexibility index (Phi) is 2.13. The Labute approximate surface area is 75.3 Å². The molecule has 2 aliphatic heterocycles. The van der Waals surface area contributed by atoms with Gasteiger partial charge in [0.25, 0.3) is 0 Å². The van der Waals surface area contributed by atoms with Gasteiger partial charge in [0, 0.05) is 6.54 Å². The quantitative estimate of drug-likeness (QED) is 0.579. The van der Waals surface area contributed by atoms with Crippen LogP contribution < -0.4 is 5.32 Å². The van der Waals surface area contributed by atoms with E-state index in [4.69, 9.17) is 0 Å². The number of hydrogen-bond donors (Lipinski definition) is 1. The summed E-state index contributed by atoms with van der Waals surface area (Å²) in [6, 6.07) is 0. The Balaban J connectivity index is 2.02. The van der Waals surface area contributed by atoms with Crippen LogP contribution in [-0.4, -0.2) is 38.1 Å². The second-order valence-electron chi connectivity index (χ2n) is 4.70. The minimum absolute atomic E-state index is 0.659. The van der Waals surface area contributed by atoms with E-state index >= 15 is 0 Å². The van der Waals surface area contributed by atoms with Crippen LogP contribution in [-0.2, 0) is 0 Å². The molecule has 0 saturated carbocycles. The van der Waals surface area contributed by atoms with Gasteiger partial charge in [-0.3, -0.25) is 0 Å². The molecule has 0 aromatic carbocycles. The van der Waals surface area contributed by atoms with Crippen LogP contribution in [0.3, 0.4) is 0 Å². The molecule has 1 unspecified atom stereocenters. The van der Waals surface area contributed by atoms with Gasteiger partial charge in [0.15, 0.2) is 0 Å². The third kappa shape index (κ3) is 1.27. The summed E-state index contributed by atoms with van der Waals surface area (Å²) in [5.74, 6) is 0.895. The largest absolute Gasteiger partial charge is 0.316 e. The van der Waals surface area contributed by atoms with Crippen molar-refractivity contribution in [2.45, 2.75) is 19.8 Å². The molecule has 0 aromatic heterocycles. The molecule has 1 N–H and O–H groups in total. The first-order chi connectivity index (χ1) is 5.73. The molecule has 70 valence electrons. The van der Waals surface area contributed by atoms with Crippen molar-refractivity contribution in [1.29, 1.82) is 0 Å². The summed E-state index contributed by atoms with van der Waals surface area (Å²) in [4.78, 5) is 2.45. The van der Waals surface area contributed by atoms with Gasteiger partial charge in [-0.1, -0.05) is 6.92 Å². The molecule has 0 amide bonds. The lowest BCUT2D eigenvalue weighted by Crippen LogP contribution is -2.41. The highest BCUT2D eigenvalue weighted by molar-refractivity contribution is 4.95. The molecule has 0 aromatic rings.